The van der Waals surface area contributed by atoms with Gasteiger partial charge in [-0.05, 0) is 18.2 Å². The molecule has 1 atom stereocenters. The molecule has 0 aliphatic carbocycles. The Hall–Kier alpha value is -2.30. The molecule has 5 nitrogen and oxygen atoms in total. The van der Waals surface area contributed by atoms with Crippen molar-refractivity contribution in [2.24, 2.45) is 5.92 Å². The average molecular weight is 261 g/mol. The van der Waals surface area contributed by atoms with Crippen LogP contribution in [-0.4, -0.2) is 30.6 Å². The van der Waals surface area contributed by atoms with E-state index in [0.717, 1.165) is 0 Å². The van der Waals surface area contributed by atoms with Crippen LogP contribution in [0.25, 0.3) is 0 Å². The van der Waals surface area contributed by atoms with Crippen LogP contribution in [0.4, 0.5) is 5.69 Å². The highest BCUT2D eigenvalue weighted by Crippen LogP contribution is 2.31. The summed E-state index contributed by atoms with van der Waals surface area (Å²) in [6.07, 6.45) is 2.11. The van der Waals surface area contributed by atoms with Crippen molar-refractivity contribution in [3.8, 4) is 5.75 Å². The van der Waals surface area contributed by atoms with Gasteiger partial charge >= 0.3 is 5.97 Å². The van der Waals surface area contributed by atoms with Crippen LogP contribution in [0.3, 0.4) is 0 Å². The van der Waals surface area contributed by atoms with Crippen molar-refractivity contribution in [1.29, 1.82) is 0 Å². The van der Waals surface area contributed by atoms with Crippen LogP contribution in [0.2, 0.25) is 0 Å². The predicted molar refractivity (Wildman–Crippen MR) is 70.1 cm³/mol. The van der Waals surface area contributed by atoms with Gasteiger partial charge in [-0.15, -0.1) is 6.58 Å². The van der Waals surface area contributed by atoms with Crippen molar-refractivity contribution in [1.82, 2.24) is 0 Å². The number of hydrogen-bond acceptors (Lipinski definition) is 4. The van der Waals surface area contributed by atoms with E-state index < -0.39 is 5.97 Å². The lowest BCUT2D eigenvalue weighted by Crippen LogP contribution is -2.26. The molecule has 1 aromatic rings. The normalized spacial score (nSPS) is 18.5. The largest absolute Gasteiger partial charge is 0.508 e. The molecule has 1 fully saturated rings. The lowest BCUT2D eigenvalue weighted by molar-refractivity contribution is -0.117. The molecule has 0 radical (unpaired) electrons. The molecular weight excluding hydrogens is 246 g/mol. The SMILES string of the molecule is C=CC1CC(=O)N(c2ccc(O)cc2C(=O)OC)C1. The van der Waals surface area contributed by atoms with E-state index in [-0.39, 0.29) is 23.1 Å². The standard InChI is InChI=1S/C14H15NO4/c1-3-9-6-13(17)15(8-9)12-5-4-10(16)7-11(12)14(18)19-2/h3-5,7,9,16H,1,6,8H2,2H3. The molecular formula is C14H15NO4. The Morgan fingerprint density at radius 2 is 2.32 bits per heavy atom. The topological polar surface area (TPSA) is 66.8 Å². The maximum atomic E-state index is 12.0. The zero-order valence-corrected chi connectivity index (χ0v) is 10.6. The summed E-state index contributed by atoms with van der Waals surface area (Å²) < 4.78 is 4.67. The van der Waals surface area contributed by atoms with Crippen molar-refractivity contribution in [2.45, 2.75) is 6.42 Å². The highest BCUT2D eigenvalue weighted by molar-refractivity contribution is 6.04. The molecule has 0 aromatic heterocycles. The first-order chi connectivity index (χ1) is 9.06. The number of carbonyl (C=O) groups excluding carboxylic acids is 2. The van der Waals surface area contributed by atoms with Gasteiger partial charge in [0.1, 0.15) is 5.75 Å². The number of phenolic OH excluding ortho intramolecular Hbond substituents is 1. The van der Waals surface area contributed by atoms with Crippen molar-refractivity contribution in [3.05, 3.63) is 36.4 Å². The maximum absolute atomic E-state index is 12.0. The van der Waals surface area contributed by atoms with Crippen LogP contribution in [0.15, 0.2) is 30.9 Å². The van der Waals surface area contributed by atoms with E-state index in [4.69, 9.17) is 0 Å². The number of aromatic hydroxyl groups is 1. The number of ether oxygens (including phenoxy) is 1. The Morgan fingerprint density at radius 3 is 2.89 bits per heavy atom. The van der Waals surface area contributed by atoms with E-state index >= 15 is 0 Å². The summed E-state index contributed by atoms with van der Waals surface area (Å²) in [5, 5.41) is 9.46. The number of phenols is 1. The van der Waals surface area contributed by atoms with Gasteiger partial charge < -0.3 is 14.7 Å². The Labute approximate surface area is 111 Å². The summed E-state index contributed by atoms with van der Waals surface area (Å²) in [5.74, 6) is -0.621. The average Bonchev–Trinajstić information content (AvgIpc) is 2.79. The lowest BCUT2D eigenvalue weighted by atomic mass is 10.1. The van der Waals surface area contributed by atoms with Gasteiger partial charge in [-0.3, -0.25) is 4.79 Å². The Bertz CT molecular complexity index is 538. The van der Waals surface area contributed by atoms with E-state index in [9.17, 15) is 14.7 Å². The molecule has 19 heavy (non-hydrogen) atoms. The Balaban J connectivity index is 2.42. The third kappa shape index (κ3) is 2.45. The molecule has 1 saturated heterocycles. The van der Waals surface area contributed by atoms with Crippen molar-refractivity contribution in [2.75, 3.05) is 18.6 Å². The zero-order chi connectivity index (χ0) is 14.0. The molecule has 2 rings (SSSR count). The predicted octanol–water partition coefficient (Wildman–Crippen LogP) is 1.72. The molecule has 1 aromatic carbocycles. The fourth-order valence-corrected chi connectivity index (χ4v) is 2.16. The number of methoxy groups -OCH3 is 1. The molecule has 1 amide bonds. The van der Waals surface area contributed by atoms with Crippen molar-refractivity contribution < 1.29 is 19.4 Å². The van der Waals surface area contributed by atoms with E-state index in [2.05, 4.69) is 11.3 Å². The molecule has 0 spiro atoms. The second-order valence-electron chi connectivity index (χ2n) is 4.40. The third-order valence-electron chi connectivity index (χ3n) is 3.16. The van der Waals surface area contributed by atoms with Gasteiger partial charge in [0.05, 0.1) is 18.4 Å². The van der Waals surface area contributed by atoms with Gasteiger partial charge in [-0.25, -0.2) is 4.79 Å². The second-order valence-corrected chi connectivity index (χ2v) is 4.40. The number of amides is 1. The van der Waals surface area contributed by atoms with Gasteiger partial charge in [0.15, 0.2) is 0 Å². The van der Waals surface area contributed by atoms with E-state index in [1.807, 2.05) is 0 Å². The quantitative estimate of drug-likeness (QED) is 0.664. The molecule has 100 valence electrons. The summed E-state index contributed by atoms with van der Waals surface area (Å²) >= 11 is 0. The number of benzene rings is 1. The molecule has 1 unspecified atom stereocenters. The molecule has 5 heteroatoms. The number of rotatable bonds is 3. The van der Waals surface area contributed by atoms with E-state index in [1.165, 1.54) is 24.1 Å². The van der Waals surface area contributed by atoms with E-state index in [0.29, 0.717) is 18.7 Å². The second kappa shape index (κ2) is 5.14. The monoisotopic (exact) mass is 261 g/mol. The summed E-state index contributed by atoms with van der Waals surface area (Å²) in [6, 6.07) is 4.29. The fourth-order valence-electron chi connectivity index (χ4n) is 2.16. The van der Waals surface area contributed by atoms with Crippen LogP contribution in [0.1, 0.15) is 16.8 Å². The molecule has 1 aliphatic rings. The summed E-state index contributed by atoms with van der Waals surface area (Å²) in [6.45, 7) is 4.17. The summed E-state index contributed by atoms with van der Waals surface area (Å²) in [5.41, 5.74) is 0.638. The minimum absolute atomic E-state index is 0.0453. The van der Waals surface area contributed by atoms with Crippen LogP contribution in [0, 0.1) is 5.92 Å². The van der Waals surface area contributed by atoms with Gasteiger partial charge in [-0.2, -0.15) is 0 Å². The Morgan fingerprint density at radius 1 is 1.58 bits per heavy atom. The van der Waals surface area contributed by atoms with Gasteiger partial charge in [0.25, 0.3) is 0 Å². The highest BCUT2D eigenvalue weighted by Gasteiger charge is 2.31. The van der Waals surface area contributed by atoms with Gasteiger partial charge in [0.2, 0.25) is 5.91 Å². The lowest BCUT2D eigenvalue weighted by Gasteiger charge is -2.19. The number of hydrogen-bond donors (Lipinski definition) is 1. The first kappa shape index (κ1) is 13.1. The molecule has 1 heterocycles. The minimum Gasteiger partial charge on any atom is -0.508 e. The first-order valence-electron chi connectivity index (χ1n) is 5.91. The molecule has 0 bridgehead atoms. The van der Waals surface area contributed by atoms with E-state index in [1.54, 1.807) is 12.1 Å². The maximum Gasteiger partial charge on any atom is 0.340 e. The zero-order valence-electron chi connectivity index (χ0n) is 10.6. The smallest absolute Gasteiger partial charge is 0.340 e. The molecule has 1 N–H and O–H groups in total. The first-order valence-corrected chi connectivity index (χ1v) is 5.91. The van der Waals surface area contributed by atoms with Crippen LogP contribution >= 0.6 is 0 Å². The number of anilines is 1. The highest BCUT2D eigenvalue weighted by atomic mass is 16.5. The van der Waals surface area contributed by atoms with Crippen molar-refractivity contribution >= 4 is 17.6 Å². The summed E-state index contributed by atoms with van der Waals surface area (Å²) in [7, 11) is 1.26. The van der Waals surface area contributed by atoms with Crippen LogP contribution < -0.4 is 4.90 Å². The third-order valence-corrected chi connectivity index (χ3v) is 3.16. The Kier molecular flexibility index (Phi) is 3.55. The molecule has 0 saturated carbocycles. The molecule has 1 aliphatic heterocycles. The fraction of sp³-hybridized carbons (Fsp3) is 0.286. The minimum atomic E-state index is -0.583. The number of carbonyl (C=O) groups is 2. The van der Waals surface area contributed by atoms with Crippen LogP contribution in [0.5, 0.6) is 5.75 Å². The number of nitrogens with zero attached hydrogens (tertiary/aromatic N) is 1. The summed E-state index contributed by atoms with van der Waals surface area (Å²) in [4.78, 5) is 25.2. The van der Waals surface area contributed by atoms with Crippen LogP contribution in [-0.2, 0) is 9.53 Å². The van der Waals surface area contributed by atoms with Gasteiger partial charge in [-0.1, -0.05) is 6.08 Å². The number of esters is 1. The van der Waals surface area contributed by atoms with Gasteiger partial charge in [0, 0.05) is 18.9 Å². The van der Waals surface area contributed by atoms with Crippen molar-refractivity contribution in [3.63, 3.8) is 0 Å².